The normalized spacial score (nSPS) is 12.1. The molecule has 0 spiro atoms. The number of methoxy groups -OCH3 is 1. The summed E-state index contributed by atoms with van der Waals surface area (Å²) in [6, 6.07) is 7.59. The molecule has 0 saturated heterocycles. The number of guanidine groups is 1. The summed E-state index contributed by atoms with van der Waals surface area (Å²) in [5.41, 5.74) is 0.841. The zero-order chi connectivity index (χ0) is 20.9. The molecule has 3 N–H and O–H groups in total. The van der Waals surface area contributed by atoms with Gasteiger partial charge in [-0.1, -0.05) is 20.8 Å². The lowest BCUT2D eigenvalue weighted by atomic mass is 9.94. The molecule has 0 atom stereocenters. The predicted molar refractivity (Wildman–Crippen MR) is 111 cm³/mol. The Morgan fingerprint density at radius 2 is 1.90 bits per heavy atom. The average molecular weight is 397 g/mol. The van der Waals surface area contributed by atoms with Gasteiger partial charge in [0, 0.05) is 18.0 Å². The lowest BCUT2D eigenvalue weighted by molar-refractivity contribution is 0.379. The van der Waals surface area contributed by atoms with Gasteiger partial charge in [0.05, 0.1) is 26.4 Å². The summed E-state index contributed by atoms with van der Waals surface area (Å²) in [5, 5.41) is 13.6. The van der Waals surface area contributed by atoms with Gasteiger partial charge in [0.1, 0.15) is 17.3 Å². The second kappa shape index (κ2) is 8.76. The van der Waals surface area contributed by atoms with Gasteiger partial charge < -0.3 is 19.8 Å². The second-order valence-corrected chi connectivity index (χ2v) is 7.48. The number of rotatable bonds is 6. The molecule has 154 valence electrons. The molecule has 3 aromatic rings. The summed E-state index contributed by atoms with van der Waals surface area (Å²) in [5.74, 6) is 4.20. The molecule has 2 aromatic heterocycles. The van der Waals surface area contributed by atoms with Gasteiger partial charge in [-0.2, -0.15) is 5.10 Å². The zero-order valence-corrected chi connectivity index (χ0v) is 17.4. The van der Waals surface area contributed by atoms with Crippen LogP contribution in [0.2, 0.25) is 0 Å². The van der Waals surface area contributed by atoms with Crippen LogP contribution in [0.25, 0.3) is 11.4 Å². The van der Waals surface area contributed by atoms with Crippen molar-refractivity contribution in [2.75, 3.05) is 14.2 Å². The first-order chi connectivity index (χ1) is 13.9. The molecule has 0 amide bonds. The maximum Gasteiger partial charge on any atom is 0.213 e. The molecule has 0 aliphatic rings. The highest BCUT2D eigenvalue weighted by molar-refractivity contribution is 5.79. The number of aliphatic imine (C=N–C) groups is 1. The van der Waals surface area contributed by atoms with Gasteiger partial charge in [0.2, 0.25) is 5.89 Å². The Labute approximate surface area is 170 Å². The zero-order valence-electron chi connectivity index (χ0n) is 17.4. The van der Waals surface area contributed by atoms with Crippen LogP contribution in [-0.2, 0) is 18.5 Å². The Morgan fingerprint density at radius 3 is 2.52 bits per heavy atom. The Balaban J connectivity index is 1.53. The van der Waals surface area contributed by atoms with Crippen LogP contribution >= 0.6 is 0 Å². The average Bonchev–Trinajstić information content (AvgIpc) is 3.38. The molecule has 0 radical (unpaired) electrons. The van der Waals surface area contributed by atoms with E-state index in [0.717, 1.165) is 17.1 Å². The van der Waals surface area contributed by atoms with Gasteiger partial charge in [-0.3, -0.25) is 10.1 Å². The summed E-state index contributed by atoms with van der Waals surface area (Å²) >= 11 is 0. The second-order valence-electron chi connectivity index (χ2n) is 7.48. The van der Waals surface area contributed by atoms with Crippen LogP contribution in [0.15, 0.2) is 39.9 Å². The highest BCUT2D eigenvalue weighted by Crippen LogP contribution is 2.22. The molecular formula is C20H27N7O2. The minimum atomic E-state index is -0.0704. The molecule has 0 unspecified atom stereocenters. The molecule has 1 aromatic carbocycles. The van der Waals surface area contributed by atoms with Crippen molar-refractivity contribution in [2.24, 2.45) is 4.99 Å². The number of oxazole rings is 1. The first kappa shape index (κ1) is 20.4. The van der Waals surface area contributed by atoms with Crippen molar-refractivity contribution >= 4 is 5.96 Å². The number of nitrogens with zero attached hydrogens (tertiary/aromatic N) is 4. The first-order valence-electron chi connectivity index (χ1n) is 9.34. The van der Waals surface area contributed by atoms with E-state index in [-0.39, 0.29) is 5.41 Å². The minimum absolute atomic E-state index is 0.0704. The molecule has 2 heterocycles. The van der Waals surface area contributed by atoms with Crippen LogP contribution in [0.5, 0.6) is 5.75 Å². The van der Waals surface area contributed by atoms with Crippen LogP contribution in [0, 0.1) is 0 Å². The van der Waals surface area contributed by atoms with E-state index in [1.54, 1.807) is 20.4 Å². The van der Waals surface area contributed by atoms with Gasteiger partial charge in [-0.15, -0.1) is 0 Å². The number of hydrogen-bond donors (Lipinski definition) is 3. The number of aromatic amines is 1. The summed E-state index contributed by atoms with van der Waals surface area (Å²) in [4.78, 5) is 13.0. The van der Waals surface area contributed by atoms with Gasteiger partial charge >= 0.3 is 0 Å². The van der Waals surface area contributed by atoms with E-state index in [1.807, 2.05) is 24.3 Å². The van der Waals surface area contributed by atoms with Crippen molar-refractivity contribution in [1.82, 2.24) is 30.8 Å². The van der Waals surface area contributed by atoms with E-state index in [1.165, 1.54) is 0 Å². The maximum absolute atomic E-state index is 5.78. The third-order valence-electron chi connectivity index (χ3n) is 4.23. The van der Waals surface area contributed by atoms with Crippen molar-refractivity contribution in [1.29, 1.82) is 0 Å². The van der Waals surface area contributed by atoms with E-state index in [9.17, 15) is 0 Å². The van der Waals surface area contributed by atoms with Crippen LogP contribution < -0.4 is 15.4 Å². The number of ether oxygens (including phenoxy) is 1. The van der Waals surface area contributed by atoms with Crippen LogP contribution in [-0.4, -0.2) is 40.3 Å². The quantitative estimate of drug-likeness (QED) is 0.433. The summed E-state index contributed by atoms with van der Waals surface area (Å²) in [7, 11) is 3.34. The fourth-order valence-corrected chi connectivity index (χ4v) is 2.53. The first-order valence-corrected chi connectivity index (χ1v) is 9.34. The molecule has 0 aliphatic carbocycles. The smallest absolute Gasteiger partial charge is 0.213 e. The highest BCUT2D eigenvalue weighted by atomic mass is 16.5. The number of aromatic nitrogens is 4. The van der Waals surface area contributed by atoms with Crippen LogP contribution in [0.4, 0.5) is 0 Å². The van der Waals surface area contributed by atoms with E-state index >= 15 is 0 Å². The van der Waals surface area contributed by atoms with Crippen molar-refractivity contribution in [3.8, 4) is 17.1 Å². The lowest BCUT2D eigenvalue weighted by Crippen LogP contribution is -2.36. The van der Waals surface area contributed by atoms with Gasteiger partial charge in [-0.25, -0.2) is 9.97 Å². The van der Waals surface area contributed by atoms with Crippen molar-refractivity contribution in [3.05, 3.63) is 47.9 Å². The van der Waals surface area contributed by atoms with E-state index < -0.39 is 0 Å². The van der Waals surface area contributed by atoms with E-state index in [2.05, 4.69) is 56.6 Å². The summed E-state index contributed by atoms with van der Waals surface area (Å²) in [6.45, 7) is 7.14. The molecule has 9 nitrogen and oxygen atoms in total. The molecule has 0 bridgehead atoms. The highest BCUT2D eigenvalue weighted by Gasteiger charge is 2.19. The number of benzene rings is 1. The molecule has 9 heteroatoms. The number of nitrogens with one attached hydrogen (secondary N) is 3. The van der Waals surface area contributed by atoms with Crippen molar-refractivity contribution < 1.29 is 9.15 Å². The third-order valence-corrected chi connectivity index (χ3v) is 4.23. The number of hydrogen-bond acceptors (Lipinski definition) is 6. The van der Waals surface area contributed by atoms with Crippen LogP contribution in [0.1, 0.15) is 38.2 Å². The molecule has 29 heavy (non-hydrogen) atoms. The summed E-state index contributed by atoms with van der Waals surface area (Å²) in [6.07, 6.45) is 1.77. The van der Waals surface area contributed by atoms with Gasteiger partial charge in [0.15, 0.2) is 11.8 Å². The Kier molecular flexibility index (Phi) is 6.16. The Morgan fingerprint density at radius 1 is 1.17 bits per heavy atom. The fraction of sp³-hybridized carbons (Fsp3) is 0.400. The van der Waals surface area contributed by atoms with Crippen molar-refractivity contribution in [3.63, 3.8) is 0 Å². The van der Waals surface area contributed by atoms with Crippen molar-refractivity contribution in [2.45, 2.75) is 39.3 Å². The molecule has 3 rings (SSSR count). The van der Waals surface area contributed by atoms with Gasteiger partial charge in [-0.05, 0) is 24.3 Å². The topological polar surface area (TPSA) is 113 Å². The number of H-pyrrole nitrogens is 1. The van der Waals surface area contributed by atoms with Crippen LogP contribution in [0.3, 0.4) is 0 Å². The third kappa shape index (κ3) is 5.34. The standard InChI is InChI=1S/C20H27N7O2/c1-20(2,3)15-10-22-17(29-15)12-24-19(21-4)23-11-16-25-18(27-26-16)13-6-8-14(28-5)9-7-13/h6-10H,11-12H2,1-5H3,(H2,21,23,24)(H,25,26,27). The maximum atomic E-state index is 5.78. The SMILES string of the molecule is CN=C(NCc1nc(-c2ccc(OC)cc2)n[nH]1)NCc1ncc(C(C)(C)C)o1. The Bertz CT molecular complexity index is 952. The largest absolute Gasteiger partial charge is 0.497 e. The fourth-order valence-electron chi connectivity index (χ4n) is 2.53. The van der Waals surface area contributed by atoms with E-state index in [0.29, 0.717) is 36.6 Å². The minimum Gasteiger partial charge on any atom is -0.497 e. The molecule has 0 aliphatic heterocycles. The Hall–Kier alpha value is -3.36. The monoisotopic (exact) mass is 397 g/mol. The predicted octanol–water partition coefficient (Wildman–Crippen LogP) is 2.63. The summed E-state index contributed by atoms with van der Waals surface area (Å²) < 4.78 is 11.0. The molecule has 0 saturated carbocycles. The van der Waals surface area contributed by atoms with Gasteiger partial charge in [0.25, 0.3) is 0 Å². The molecule has 0 fully saturated rings. The van der Waals surface area contributed by atoms with E-state index in [4.69, 9.17) is 9.15 Å². The lowest BCUT2D eigenvalue weighted by Gasteiger charge is -2.13. The molecular weight excluding hydrogens is 370 g/mol.